The number of carbonyl (C=O) groups is 2. The smallest absolute Gasteiger partial charge is 0.326 e. The fourth-order valence-corrected chi connectivity index (χ4v) is 2.72. The van der Waals surface area contributed by atoms with Gasteiger partial charge in [0.1, 0.15) is 11.8 Å². The highest BCUT2D eigenvalue weighted by Gasteiger charge is 2.21. The normalized spacial score (nSPS) is 11.6. The Hall–Kier alpha value is -2.53. The Bertz CT molecular complexity index is 749. The van der Waals surface area contributed by atoms with Gasteiger partial charge in [0.2, 0.25) is 5.91 Å². The van der Waals surface area contributed by atoms with Crippen LogP contribution in [0, 0.1) is 0 Å². The molecule has 0 fully saturated rings. The van der Waals surface area contributed by atoms with Crippen LogP contribution in [-0.2, 0) is 22.4 Å². The Kier molecular flexibility index (Phi) is 7.48. The van der Waals surface area contributed by atoms with E-state index in [1.807, 2.05) is 37.3 Å². The predicted octanol–water partition coefficient (Wildman–Crippen LogP) is 3.48. The lowest BCUT2D eigenvalue weighted by Crippen LogP contribution is -2.43. The van der Waals surface area contributed by atoms with Crippen molar-refractivity contribution in [1.29, 1.82) is 0 Å². The van der Waals surface area contributed by atoms with Crippen molar-refractivity contribution in [2.75, 3.05) is 6.61 Å². The molecule has 0 spiro atoms. The summed E-state index contributed by atoms with van der Waals surface area (Å²) < 4.78 is 5.51. The van der Waals surface area contributed by atoms with Crippen LogP contribution < -0.4 is 10.1 Å². The third-order valence-corrected chi connectivity index (χ3v) is 4.03. The zero-order chi connectivity index (χ0) is 18.9. The highest BCUT2D eigenvalue weighted by molar-refractivity contribution is 6.32. The number of rotatable bonds is 9. The summed E-state index contributed by atoms with van der Waals surface area (Å²) in [6.07, 6.45) is 1.14. The quantitative estimate of drug-likeness (QED) is 0.703. The zero-order valence-electron chi connectivity index (χ0n) is 14.6. The van der Waals surface area contributed by atoms with E-state index < -0.39 is 12.0 Å². The lowest BCUT2D eigenvalue weighted by molar-refractivity contribution is -0.141. The maximum absolute atomic E-state index is 12.1. The van der Waals surface area contributed by atoms with Gasteiger partial charge in [-0.25, -0.2) is 4.79 Å². The molecule has 138 valence electrons. The Balaban J connectivity index is 2.00. The van der Waals surface area contributed by atoms with Crippen LogP contribution in [0.2, 0.25) is 5.02 Å². The van der Waals surface area contributed by atoms with Crippen molar-refractivity contribution in [2.24, 2.45) is 0 Å². The van der Waals surface area contributed by atoms with Gasteiger partial charge in [0.05, 0.1) is 18.1 Å². The topological polar surface area (TPSA) is 75.6 Å². The van der Waals surface area contributed by atoms with Gasteiger partial charge in [-0.2, -0.15) is 0 Å². The van der Waals surface area contributed by atoms with Crippen LogP contribution >= 0.6 is 11.6 Å². The summed E-state index contributed by atoms with van der Waals surface area (Å²) in [4.78, 5) is 23.6. The summed E-state index contributed by atoms with van der Waals surface area (Å²) >= 11 is 6.18. The molecule has 0 saturated carbocycles. The van der Waals surface area contributed by atoms with Crippen LogP contribution in [0.1, 0.15) is 24.5 Å². The number of hydrogen-bond donors (Lipinski definition) is 2. The summed E-state index contributed by atoms with van der Waals surface area (Å²) in [6, 6.07) is 13.3. The number of halogens is 1. The molecule has 1 amide bonds. The summed E-state index contributed by atoms with van der Waals surface area (Å²) in [7, 11) is 0. The second-order valence-electron chi connectivity index (χ2n) is 5.94. The first kappa shape index (κ1) is 19.8. The molecule has 1 atom stereocenters. The average molecular weight is 376 g/mol. The van der Waals surface area contributed by atoms with E-state index in [1.54, 1.807) is 18.2 Å². The van der Waals surface area contributed by atoms with Crippen molar-refractivity contribution in [1.82, 2.24) is 5.32 Å². The standard InChI is InChI=1S/C20H22ClNO4/c1-2-10-26-18-9-8-15(11-16(18)21)12-17(20(24)25)22-19(23)13-14-6-4-3-5-7-14/h3-9,11,17H,2,10,12-13H2,1H3,(H,22,23)(H,24,25)/t17-/m1/s1. The summed E-state index contributed by atoms with van der Waals surface area (Å²) in [5.74, 6) is -0.858. The number of amides is 1. The molecule has 5 nitrogen and oxygen atoms in total. The van der Waals surface area contributed by atoms with Crippen LogP contribution in [0.5, 0.6) is 5.75 Å². The molecular formula is C20H22ClNO4. The van der Waals surface area contributed by atoms with Crippen LogP contribution in [0.3, 0.4) is 0 Å². The second-order valence-corrected chi connectivity index (χ2v) is 6.35. The van der Waals surface area contributed by atoms with Crippen molar-refractivity contribution in [2.45, 2.75) is 32.2 Å². The Labute approximate surface area is 157 Å². The first-order valence-corrected chi connectivity index (χ1v) is 8.84. The van der Waals surface area contributed by atoms with Crippen molar-refractivity contribution in [3.63, 3.8) is 0 Å². The molecule has 0 radical (unpaired) electrons. The summed E-state index contributed by atoms with van der Waals surface area (Å²) in [5, 5.41) is 12.4. The molecule has 0 aromatic heterocycles. The van der Waals surface area contributed by atoms with Gasteiger partial charge in [0.15, 0.2) is 0 Å². The number of carboxylic acids is 1. The first-order valence-electron chi connectivity index (χ1n) is 8.47. The van der Waals surface area contributed by atoms with Gasteiger partial charge in [-0.05, 0) is 29.7 Å². The Morgan fingerprint density at radius 1 is 1.15 bits per heavy atom. The molecule has 2 aromatic carbocycles. The molecule has 2 N–H and O–H groups in total. The minimum absolute atomic E-state index is 0.134. The Morgan fingerprint density at radius 2 is 1.88 bits per heavy atom. The van der Waals surface area contributed by atoms with Crippen LogP contribution in [0.15, 0.2) is 48.5 Å². The molecule has 26 heavy (non-hydrogen) atoms. The van der Waals surface area contributed by atoms with Crippen molar-refractivity contribution < 1.29 is 19.4 Å². The minimum atomic E-state index is -1.09. The van der Waals surface area contributed by atoms with E-state index in [1.165, 1.54) is 0 Å². The molecule has 0 unspecified atom stereocenters. The molecule has 0 bridgehead atoms. The van der Waals surface area contributed by atoms with E-state index in [9.17, 15) is 14.7 Å². The second kappa shape index (κ2) is 9.82. The van der Waals surface area contributed by atoms with Crippen LogP contribution in [0.25, 0.3) is 0 Å². The maximum Gasteiger partial charge on any atom is 0.326 e. The van der Waals surface area contributed by atoms with E-state index >= 15 is 0 Å². The first-order chi connectivity index (χ1) is 12.5. The molecule has 6 heteroatoms. The number of benzene rings is 2. The van der Waals surface area contributed by atoms with Gasteiger partial charge in [-0.3, -0.25) is 4.79 Å². The van der Waals surface area contributed by atoms with Gasteiger partial charge in [0, 0.05) is 6.42 Å². The van der Waals surface area contributed by atoms with E-state index in [2.05, 4.69) is 5.32 Å². The van der Waals surface area contributed by atoms with Crippen molar-refractivity contribution >= 4 is 23.5 Å². The fourth-order valence-electron chi connectivity index (χ4n) is 2.46. The molecule has 0 heterocycles. The van der Waals surface area contributed by atoms with Gasteiger partial charge < -0.3 is 15.2 Å². The molecule has 0 aliphatic rings. The lowest BCUT2D eigenvalue weighted by atomic mass is 10.0. The van der Waals surface area contributed by atoms with Crippen LogP contribution in [0.4, 0.5) is 0 Å². The monoisotopic (exact) mass is 375 g/mol. The molecular weight excluding hydrogens is 354 g/mol. The van der Waals surface area contributed by atoms with Gasteiger partial charge in [0.25, 0.3) is 0 Å². The molecule has 0 aliphatic heterocycles. The number of ether oxygens (including phenoxy) is 1. The Morgan fingerprint density at radius 3 is 2.50 bits per heavy atom. The van der Waals surface area contributed by atoms with E-state index in [0.29, 0.717) is 22.9 Å². The maximum atomic E-state index is 12.1. The summed E-state index contributed by atoms with van der Waals surface area (Å²) in [6.45, 7) is 2.56. The van der Waals surface area contributed by atoms with Gasteiger partial charge in [-0.15, -0.1) is 0 Å². The predicted molar refractivity (Wildman–Crippen MR) is 101 cm³/mol. The largest absolute Gasteiger partial charge is 0.492 e. The highest BCUT2D eigenvalue weighted by atomic mass is 35.5. The van der Waals surface area contributed by atoms with E-state index in [0.717, 1.165) is 12.0 Å². The van der Waals surface area contributed by atoms with E-state index in [-0.39, 0.29) is 18.7 Å². The number of carboxylic acid groups (broad SMARTS) is 1. The van der Waals surface area contributed by atoms with Gasteiger partial charge >= 0.3 is 5.97 Å². The minimum Gasteiger partial charge on any atom is -0.492 e. The summed E-state index contributed by atoms with van der Waals surface area (Å²) in [5.41, 5.74) is 1.54. The van der Waals surface area contributed by atoms with Crippen molar-refractivity contribution in [3.8, 4) is 5.75 Å². The zero-order valence-corrected chi connectivity index (χ0v) is 15.3. The number of carbonyl (C=O) groups excluding carboxylic acids is 1. The molecule has 0 aliphatic carbocycles. The fraction of sp³-hybridized carbons (Fsp3) is 0.300. The SMILES string of the molecule is CCCOc1ccc(C[C@@H](NC(=O)Cc2ccccc2)C(=O)O)cc1Cl. The van der Waals surface area contributed by atoms with E-state index in [4.69, 9.17) is 16.3 Å². The third kappa shape index (κ3) is 6.08. The molecule has 2 rings (SSSR count). The van der Waals surface area contributed by atoms with Gasteiger partial charge in [-0.1, -0.05) is 54.9 Å². The molecule has 0 saturated heterocycles. The molecule has 2 aromatic rings. The number of aliphatic carboxylic acids is 1. The lowest BCUT2D eigenvalue weighted by Gasteiger charge is -2.16. The van der Waals surface area contributed by atoms with Crippen LogP contribution in [-0.4, -0.2) is 29.6 Å². The van der Waals surface area contributed by atoms with Crippen molar-refractivity contribution in [3.05, 3.63) is 64.7 Å². The average Bonchev–Trinajstić information content (AvgIpc) is 2.61. The highest BCUT2D eigenvalue weighted by Crippen LogP contribution is 2.26. The number of nitrogens with one attached hydrogen (secondary N) is 1. The number of hydrogen-bond acceptors (Lipinski definition) is 3. The third-order valence-electron chi connectivity index (χ3n) is 3.74.